The number of hydrogen-bond acceptors (Lipinski definition) is 6. The molecule has 0 aromatic heterocycles. The van der Waals surface area contributed by atoms with E-state index in [0.29, 0.717) is 13.0 Å². The normalized spacial score (nSPS) is 38.2. The molecule has 0 aliphatic carbocycles. The Bertz CT molecular complexity index is 329. The minimum absolute atomic E-state index is 0.260. The zero-order chi connectivity index (χ0) is 13.4. The van der Waals surface area contributed by atoms with E-state index in [1.54, 1.807) is 0 Å². The van der Waals surface area contributed by atoms with E-state index < -0.39 is 17.9 Å². The summed E-state index contributed by atoms with van der Waals surface area (Å²) in [5.41, 5.74) is 0. The van der Waals surface area contributed by atoms with Crippen molar-refractivity contribution < 1.29 is 28.5 Å². The molecule has 0 bridgehead atoms. The molecule has 2 aliphatic rings. The second-order valence-corrected chi connectivity index (χ2v) is 4.93. The average Bonchev–Trinajstić information content (AvgIpc) is 2.54. The molecule has 2 fully saturated rings. The minimum atomic E-state index is -0.968. The number of esters is 1. The number of carbonyl (C=O) groups is 1. The fraction of sp³-hybridized carbons (Fsp3) is 0.917. The molecule has 0 aromatic rings. The third-order valence-corrected chi connectivity index (χ3v) is 2.96. The standard InChI is InChI=1S/C12H20O6/c1-5-14-12-7-15-11(3,4)17-9(12)6-10(18-12)16-8(2)13/h9-10H,5-7H2,1-4H3/t9-,10?,12-/m1/s1. The molecule has 2 aliphatic heterocycles. The van der Waals surface area contributed by atoms with Crippen molar-refractivity contribution in [1.82, 2.24) is 0 Å². The molecule has 0 aromatic carbocycles. The van der Waals surface area contributed by atoms with Crippen molar-refractivity contribution in [3.05, 3.63) is 0 Å². The van der Waals surface area contributed by atoms with Gasteiger partial charge in [-0.2, -0.15) is 0 Å². The van der Waals surface area contributed by atoms with E-state index >= 15 is 0 Å². The smallest absolute Gasteiger partial charge is 0.304 e. The van der Waals surface area contributed by atoms with E-state index in [4.69, 9.17) is 23.7 Å². The largest absolute Gasteiger partial charge is 0.436 e. The summed E-state index contributed by atoms with van der Waals surface area (Å²) in [5.74, 6) is -2.03. The van der Waals surface area contributed by atoms with Crippen molar-refractivity contribution >= 4 is 5.97 Å². The van der Waals surface area contributed by atoms with Crippen LogP contribution in [0.15, 0.2) is 0 Å². The SMILES string of the molecule is CCO[C@@]12COC(C)(C)O[C@@H]1CC(OC(C)=O)O2. The second-order valence-electron chi connectivity index (χ2n) is 4.93. The quantitative estimate of drug-likeness (QED) is 0.710. The lowest BCUT2D eigenvalue weighted by molar-refractivity contribution is -0.391. The molecule has 2 heterocycles. The molecule has 3 atom stereocenters. The zero-order valence-electron chi connectivity index (χ0n) is 11.2. The molecule has 2 saturated heterocycles. The summed E-state index contributed by atoms with van der Waals surface area (Å²) in [7, 11) is 0. The Balaban J connectivity index is 2.11. The molecule has 6 nitrogen and oxygen atoms in total. The van der Waals surface area contributed by atoms with Crippen LogP contribution in [0.2, 0.25) is 0 Å². The van der Waals surface area contributed by atoms with Gasteiger partial charge in [-0.1, -0.05) is 0 Å². The number of hydrogen-bond donors (Lipinski definition) is 0. The van der Waals surface area contributed by atoms with Crippen molar-refractivity contribution in [2.75, 3.05) is 13.2 Å². The Kier molecular flexibility index (Phi) is 3.64. The number of fused-ring (bicyclic) bond motifs is 1. The highest BCUT2D eigenvalue weighted by molar-refractivity contribution is 5.66. The van der Waals surface area contributed by atoms with Crippen LogP contribution in [-0.4, -0.2) is 43.2 Å². The molecular weight excluding hydrogens is 240 g/mol. The van der Waals surface area contributed by atoms with Gasteiger partial charge >= 0.3 is 5.97 Å². The van der Waals surface area contributed by atoms with Crippen molar-refractivity contribution in [1.29, 1.82) is 0 Å². The minimum Gasteiger partial charge on any atom is -0.436 e. The summed E-state index contributed by atoms with van der Waals surface area (Å²) in [6, 6.07) is 0. The molecule has 0 radical (unpaired) electrons. The van der Waals surface area contributed by atoms with E-state index in [-0.39, 0.29) is 18.7 Å². The zero-order valence-corrected chi connectivity index (χ0v) is 11.2. The first-order valence-corrected chi connectivity index (χ1v) is 6.18. The van der Waals surface area contributed by atoms with E-state index in [2.05, 4.69) is 0 Å². The first-order chi connectivity index (χ1) is 8.37. The summed E-state index contributed by atoms with van der Waals surface area (Å²) >= 11 is 0. The van der Waals surface area contributed by atoms with Crippen LogP contribution < -0.4 is 0 Å². The summed E-state index contributed by atoms with van der Waals surface area (Å²) in [6.45, 7) is 7.62. The predicted octanol–water partition coefficient (Wildman–Crippen LogP) is 1.18. The molecule has 0 spiro atoms. The topological polar surface area (TPSA) is 63.2 Å². The molecule has 0 amide bonds. The van der Waals surface area contributed by atoms with E-state index in [1.165, 1.54) is 6.92 Å². The van der Waals surface area contributed by atoms with Gasteiger partial charge in [0.2, 0.25) is 12.1 Å². The third kappa shape index (κ3) is 2.66. The van der Waals surface area contributed by atoms with Gasteiger partial charge in [-0.25, -0.2) is 0 Å². The Morgan fingerprint density at radius 2 is 2.11 bits per heavy atom. The second kappa shape index (κ2) is 4.77. The van der Waals surface area contributed by atoms with Crippen molar-refractivity contribution in [2.24, 2.45) is 0 Å². The monoisotopic (exact) mass is 260 g/mol. The predicted molar refractivity (Wildman–Crippen MR) is 60.5 cm³/mol. The van der Waals surface area contributed by atoms with Crippen molar-refractivity contribution in [2.45, 2.75) is 58.1 Å². The van der Waals surface area contributed by atoms with Crippen LogP contribution in [0.1, 0.15) is 34.1 Å². The lowest BCUT2D eigenvalue weighted by Crippen LogP contribution is -2.57. The Hall–Kier alpha value is -0.690. The molecule has 1 unspecified atom stereocenters. The van der Waals surface area contributed by atoms with Crippen LogP contribution in [0.5, 0.6) is 0 Å². The molecule has 6 heteroatoms. The summed E-state index contributed by atoms with van der Waals surface area (Å²) in [6.07, 6.45) is -0.492. The fourth-order valence-electron chi connectivity index (χ4n) is 2.29. The van der Waals surface area contributed by atoms with Gasteiger partial charge in [-0.3, -0.25) is 4.79 Å². The van der Waals surface area contributed by atoms with Gasteiger partial charge in [-0.05, 0) is 20.8 Å². The van der Waals surface area contributed by atoms with Crippen LogP contribution >= 0.6 is 0 Å². The maximum absolute atomic E-state index is 11.0. The van der Waals surface area contributed by atoms with Gasteiger partial charge in [0.25, 0.3) is 0 Å². The summed E-state index contributed by atoms with van der Waals surface area (Å²) in [4.78, 5) is 11.0. The molecule has 18 heavy (non-hydrogen) atoms. The number of carbonyl (C=O) groups excluding carboxylic acids is 1. The first kappa shape index (κ1) is 13.7. The van der Waals surface area contributed by atoms with Gasteiger partial charge in [0.05, 0.1) is 0 Å². The lowest BCUT2D eigenvalue weighted by Gasteiger charge is -2.43. The highest BCUT2D eigenvalue weighted by atomic mass is 16.8. The third-order valence-electron chi connectivity index (χ3n) is 2.96. The van der Waals surface area contributed by atoms with Crippen LogP contribution in [0.4, 0.5) is 0 Å². The van der Waals surface area contributed by atoms with Gasteiger partial charge in [-0.15, -0.1) is 0 Å². The van der Waals surface area contributed by atoms with Crippen LogP contribution in [-0.2, 0) is 28.5 Å². The molecule has 2 rings (SSSR count). The van der Waals surface area contributed by atoms with Crippen LogP contribution in [0.3, 0.4) is 0 Å². The average molecular weight is 260 g/mol. The Labute approximate surface area is 106 Å². The number of rotatable bonds is 3. The Morgan fingerprint density at radius 1 is 1.39 bits per heavy atom. The fourth-order valence-corrected chi connectivity index (χ4v) is 2.29. The van der Waals surface area contributed by atoms with Crippen LogP contribution in [0, 0.1) is 0 Å². The molecule has 104 valence electrons. The maximum Gasteiger partial charge on any atom is 0.304 e. The van der Waals surface area contributed by atoms with E-state index in [0.717, 1.165) is 0 Å². The van der Waals surface area contributed by atoms with Gasteiger partial charge in [0.1, 0.15) is 12.7 Å². The first-order valence-electron chi connectivity index (χ1n) is 6.18. The van der Waals surface area contributed by atoms with E-state index in [9.17, 15) is 4.79 Å². The molecule has 0 saturated carbocycles. The lowest BCUT2D eigenvalue weighted by atomic mass is 10.1. The van der Waals surface area contributed by atoms with Crippen molar-refractivity contribution in [3.63, 3.8) is 0 Å². The van der Waals surface area contributed by atoms with Crippen molar-refractivity contribution in [3.8, 4) is 0 Å². The van der Waals surface area contributed by atoms with Gasteiger partial charge in [0.15, 0.2) is 5.79 Å². The Morgan fingerprint density at radius 3 is 2.72 bits per heavy atom. The molecule has 0 N–H and O–H groups in total. The van der Waals surface area contributed by atoms with Gasteiger partial charge < -0.3 is 23.7 Å². The summed E-state index contributed by atoms with van der Waals surface area (Å²) in [5, 5.41) is 0. The van der Waals surface area contributed by atoms with Gasteiger partial charge in [0, 0.05) is 20.0 Å². The highest BCUT2D eigenvalue weighted by Crippen LogP contribution is 2.41. The molecular formula is C12H20O6. The van der Waals surface area contributed by atoms with E-state index in [1.807, 2.05) is 20.8 Å². The van der Waals surface area contributed by atoms with Crippen LogP contribution in [0.25, 0.3) is 0 Å². The maximum atomic E-state index is 11.0. The number of ether oxygens (including phenoxy) is 5. The highest BCUT2D eigenvalue weighted by Gasteiger charge is 2.57. The summed E-state index contributed by atoms with van der Waals surface area (Å²) < 4.78 is 27.8.